The van der Waals surface area contributed by atoms with Crippen LogP contribution in [0.4, 0.5) is 0 Å². The third-order valence-corrected chi connectivity index (χ3v) is 3.63. The lowest BCUT2D eigenvalue weighted by Gasteiger charge is -2.21. The lowest BCUT2D eigenvalue weighted by atomic mass is 9.89. The summed E-state index contributed by atoms with van der Waals surface area (Å²) in [5, 5.41) is 12.0. The van der Waals surface area contributed by atoms with Crippen LogP contribution in [0.15, 0.2) is 18.2 Å². The Kier molecular flexibility index (Phi) is 6.69. The third-order valence-electron chi connectivity index (χ3n) is 3.63. The predicted octanol–water partition coefficient (Wildman–Crippen LogP) is 2.60. The van der Waals surface area contributed by atoms with Crippen LogP contribution in [-0.4, -0.2) is 30.8 Å². The van der Waals surface area contributed by atoms with Gasteiger partial charge >= 0.3 is 0 Å². The summed E-state index contributed by atoms with van der Waals surface area (Å²) in [6.45, 7) is 8.89. The van der Waals surface area contributed by atoms with Gasteiger partial charge in [-0.25, -0.2) is 0 Å². The Morgan fingerprint density at radius 1 is 1.29 bits per heavy atom. The Morgan fingerprint density at radius 2 is 2.00 bits per heavy atom. The summed E-state index contributed by atoms with van der Waals surface area (Å²) in [7, 11) is 0. The number of rotatable bonds is 8. The largest absolute Gasteiger partial charge is 0.484 e. The zero-order chi connectivity index (χ0) is 15.9. The second kappa shape index (κ2) is 8.03. The molecule has 0 bridgehead atoms. The van der Waals surface area contributed by atoms with Crippen molar-refractivity contribution in [2.45, 2.75) is 40.5 Å². The summed E-state index contributed by atoms with van der Waals surface area (Å²) in [6.07, 6.45) is 1.73. The molecule has 118 valence electrons. The number of carbonyl (C=O) groups is 1. The molecule has 21 heavy (non-hydrogen) atoms. The number of ether oxygens (including phenoxy) is 1. The molecule has 2 N–H and O–H groups in total. The molecule has 0 fully saturated rings. The number of hydrogen-bond acceptors (Lipinski definition) is 3. The van der Waals surface area contributed by atoms with Crippen molar-refractivity contribution in [2.24, 2.45) is 5.41 Å². The molecule has 0 unspecified atom stereocenters. The summed E-state index contributed by atoms with van der Waals surface area (Å²) in [6, 6.07) is 5.80. The van der Waals surface area contributed by atoms with E-state index >= 15 is 0 Å². The number of hydrogen-bond donors (Lipinski definition) is 2. The van der Waals surface area contributed by atoms with Crippen LogP contribution >= 0.6 is 0 Å². The molecule has 4 heteroatoms. The van der Waals surface area contributed by atoms with Crippen molar-refractivity contribution in [3.63, 3.8) is 0 Å². The molecule has 1 aromatic carbocycles. The minimum Gasteiger partial charge on any atom is -0.484 e. The zero-order valence-electron chi connectivity index (χ0n) is 13.5. The molecule has 0 atom stereocenters. The number of nitrogens with one attached hydrogen (secondary N) is 1. The average Bonchev–Trinajstić information content (AvgIpc) is 2.45. The lowest BCUT2D eigenvalue weighted by Crippen LogP contribution is -2.30. The molecule has 4 nitrogen and oxygen atoms in total. The summed E-state index contributed by atoms with van der Waals surface area (Å²) < 4.78 is 5.47. The Balaban J connectivity index is 2.24. The highest BCUT2D eigenvalue weighted by Gasteiger charge is 2.15. The SMILES string of the molecule is Cc1ccc(OCC(=O)NCCCC(C)(C)CO)cc1C. The maximum Gasteiger partial charge on any atom is 0.257 e. The molecule has 0 saturated carbocycles. The quantitative estimate of drug-likeness (QED) is 0.724. The Labute approximate surface area is 127 Å². The van der Waals surface area contributed by atoms with Crippen molar-refractivity contribution in [3.05, 3.63) is 29.3 Å². The van der Waals surface area contributed by atoms with Crippen LogP contribution in [0.1, 0.15) is 37.8 Å². The van der Waals surface area contributed by atoms with Gasteiger partial charge in [0.25, 0.3) is 5.91 Å². The molecular formula is C17H27NO3. The van der Waals surface area contributed by atoms with E-state index in [1.54, 1.807) is 0 Å². The number of aliphatic hydroxyl groups is 1. The number of aliphatic hydroxyl groups excluding tert-OH is 1. The highest BCUT2D eigenvalue weighted by Crippen LogP contribution is 2.20. The third kappa shape index (κ3) is 6.63. The average molecular weight is 293 g/mol. The molecule has 1 amide bonds. The van der Waals surface area contributed by atoms with Crippen molar-refractivity contribution in [3.8, 4) is 5.75 Å². The Hall–Kier alpha value is -1.55. The normalized spacial score (nSPS) is 11.3. The zero-order valence-corrected chi connectivity index (χ0v) is 13.5. The number of carbonyl (C=O) groups excluding carboxylic acids is 1. The van der Waals surface area contributed by atoms with Gasteiger partial charge < -0.3 is 15.2 Å². The van der Waals surface area contributed by atoms with Gasteiger partial charge in [0.05, 0.1) is 0 Å². The van der Waals surface area contributed by atoms with Gasteiger partial charge in [-0.1, -0.05) is 19.9 Å². The standard InChI is InChI=1S/C17H27NO3/c1-13-6-7-15(10-14(13)2)21-11-16(20)18-9-5-8-17(3,4)12-19/h6-7,10,19H,5,8-9,11-12H2,1-4H3,(H,18,20). The molecule has 0 aliphatic carbocycles. The minimum atomic E-state index is -0.116. The Morgan fingerprint density at radius 3 is 2.62 bits per heavy atom. The molecule has 0 saturated heterocycles. The van der Waals surface area contributed by atoms with E-state index in [0.717, 1.165) is 24.2 Å². The maximum atomic E-state index is 11.7. The molecule has 0 aliphatic heterocycles. The lowest BCUT2D eigenvalue weighted by molar-refractivity contribution is -0.123. The monoisotopic (exact) mass is 293 g/mol. The summed E-state index contributed by atoms with van der Waals surface area (Å²) >= 11 is 0. The van der Waals surface area contributed by atoms with E-state index in [4.69, 9.17) is 9.84 Å². The van der Waals surface area contributed by atoms with Gasteiger partial charge in [0.2, 0.25) is 0 Å². The number of aryl methyl sites for hydroxylation is 2. The molecule has 0 aromatic heterocycles. The van der Waals surface area contributed by atoms with E-state index in [1.807, 2.05) is 45.9 Å². The molecule has 0 spiro atoms. The fourth-order valence-corrected chi connectivity index (χ4v) is 1.88. The molecule has 1 rings (SSSR count). The first-order valence-corrected chi connectivity index (χ1v) is 7.42. The first kappa shape index (κ1) is 17.5. The summed E-state index contributed by atoms with van der Waals surface area (Å²) in [5.41, 5.74) is 2.28. The topological polar surface area (TPSA) is 58.6 Å². The van der Waals surface area contributed by atoms with Crippen molar-refractivity contribution < 1.29 is 14.6 Å². The summed E-state index contributed by atoms with van der Waals surface area (Å²) in [5.74, 6) is 0.602. The van der Waals surface area contributed by atoms with Crippen molar-refractivity contribution >= 4 is 5.91 Å². The van der Waals surface area contributed by atoms with Gasteiger partial charge in [-0.3, -0.25) is 4.79 Å². The van der Waals surface area contributed by atoms with E-state index in [0.29, 0.717) is 6.54 Å². The number of amides is 1. The van der Waals surface area contributed by atoms with Crippen LogP contribution < -0.4 is 10.1 Å². The van der Waals surface area contributed by atoms with Gasteiger partial charge in [-0.05, 0) is 55.4 Å². The summed E-state index contributed by atoms with van der Waals surface area (Å²) in [4.78, 5) is 11.7. The van der Waals surface area contributed by atoms with Crippen molar-refractivity contribution in [1.29, 1.82) is 0 Å². The first-order valence-electron chi connectivity index (χ1n) is 7.42. The fourth-order valence-electron chi connectivity index (χ4n) is 1.88. The van der Waals surface area contributed by atoms with E-state index < -0.39 is 0 Å². The second-order valence-corrected chi connectivity index (χ2v) is 6.31. The van der Waals surface area contributed by atoms with Crippen LogP contribution in [0.25, 0.3) is 0 Å². The van der Waals surface area contributed by atoms with E-state index in [9.17, 15) is 4.79 Å². The van der Waals surface area contributed by atoms with Gasteiger partial charge in [0, 0.05) is 13.2 Å². The number of benzene rings is 1. The maximum absolute atomic E-state index is 11.7. The van der Waals surface area contributed by atoms with E-state index in [-0.39, 0.29) is 24.5 Å². The Bertz CT molecular complexity index is 469. The minimum absolute atomic E-state index is 0.0336. The van der Waals surface area contributed by atoms with Crippen molar-refractivity contribution in [1.82, 2.24) is 5.32 Å². The van der Waals surface area contributed by atoms with Gasteiger partial charge in [0.15, 0.2) is 6.61 Å². The van der Waals surface area contributed by atoms with Crippen LogP contribution in [0.5, 0.6) is 5.75 Å². The van der Waals surface area contributed by atoms with Gasteiger partial charge in [-0.2, -0.15) is 0 Å². The van der Waals surface area contributed by atoms with Crippen LogP contribution in [0.3, 0.4) is 0 Å². The van der Waals surface area contributed by atoms with Crippen molar-refractivity contribution in [2.75, 3.05) is 19.8 Å². The highest BCUT2D eigenvalue weighted by atomic mass is 16.5. The van der Waals surface area contributed by atoms with Crippen LogP contribution in [0.2, 0.25) is 0 Å². The fraction of sp³-hybridized carbons (Fsp3) is 0.588. The van der Waals surface area contributed by atoms with Gasteiger partial charge in [0.1, 0.15) is 5.75 Å². The van der Waals surface area contributed by atoms with Gasteiger partial charge in [-0.15, -0.1) is 0 Å². The molecule has 0 radical (unpaired) electrons. The molecule has 0 heterocycles. The first-order chi connectivity index (χ1) is 9.84. The second-order valence-electron chi connectivity index (χ2n) is 6.31. The van der Waals surface area contributed by atoms with Crippen LogP contribution in [0, 0.1) is 19.3 Å². The smallest absolute Gasteiger partial charge is 0.257 e. The molecular weight excluding hydrogens is 266 g/mol. The van der Waals surface area contributed by atoms with Crippen LogP contribution in [-0.2, 0) is 4.79 Å². The molecule has 1 aromatic rings. The molecule has 0 aliphatic rings. The highest BCUT2D eigenvalue weighted by molar-refractivity contribution is 5.77. The predicted molar refractivity (Wildman–Crippen MR) is 84.5 cm³/mol. The van der Waals surface area contributed by atoms with E-state index in [1.165, 1.54) is 5.56 Å². The van der Waals surface area contributed by atoms with E-state index in [2.05, 4.69) is 5.32 Å².